The van der Waals surface area contributed by atoms with Gasteiger partial charge >= 0.3 is 0 Å². The monoisotopic (exact) mass is 254 g/mol. The average Bonchev–Trinajstić information content (AvgIpc) is 2.46. The Labute approximate surface area is 113 Å². The van der Waals surface area contributed by atoms with Gasteiger partial charge in [-0.2, -0.15) is 0 Å². The molecule has 0 amide bonds. The third-order valence-electron chi connectivity index (χ3n) is 3.67. The maximum Gasteiger partial charge on any atom is 0.233 e. The van der Waals surface area contributed by atoms with Crippen LogP contribution in [-0.4, -0.2) is 15.1 Å². The molecule has 0 saturated carbocycles. The Morgan fingerprint density at radius 2 is 1.58 bits per heavy atom. The molecule has 1 aliphatic carbocycles. The second-order valence-electron chi connectivity index (χ2n) is 5.08. The number of hydrogen-bond donors (Lipinski definition) is 1. The first-order valence-electron chi connectivity index (χ1n) is 6.94. The van der Waals surface area contributed by atoms with Crippen LogP contribution in [0.5, 0.6) is 5.88 Å². The van der Waals surface area contributed by atoms with Crippen molar-refractivity contribution in [2.75, 3.05) is 0 Å². The molecule has 0 bridgehead atoms. The number of nitrogens with zero attached hydrogens (tertiary/aromatic N) is 2. The maximum absolute atomic E-state index is 9.97. The second kappa shape index (κ2) is 5.39. The van der Waals surface area contributed by atoms with Crippen LogP contribution in [0.3, 0.4) is 0 Å². The molecule has 19 heavy (non-hydrogen) atoms. The van der Waals surface area contributed by atoms with E-state index in [1.807, 2.05) is 18.2 Å². The summed E-state index contributed by atoms with van der Waals surface area (Å²) >= 11 is 0. The van der Waals surface area contributed by atoms with Gasteiger partial charge in [0.15, 0.2) is 0 Å². The number of aromatic hydroxyl groups is 1. The molecule has 0 unspecified atom stereocenters. The third kappa shape index (κ3) is 2.75. The van der Waals surface area contributed by atoms with Crippen LogP contribution in [-0.2, 0) is 25.7 Å². The van der Waals surface area contributed by atoms with Crippen molar-refractivity contribution in [1.29, 1.82) is 0 Å². The zero-order valence-electron chi connectivity index (χ0n) is 11.0. The van der Waals surface area contributed by atoms with E-state index in [-0.39, 0.29) is 5.88 Å². The lowest BCUT2D eigenvalue weighted by molar-refractivity contribution is 0.433. The lowest BCUT2D eigenvalue weighted by Crippen LogP contribution is -2.10. The van der Waals surface area contributed by atoms with Crippen molar-refractivity contribution >= 4 is 0 Å². The first kappa shape index (κ1) is 12.2. The number of benzene rings is 1. The van der Waals surface area contributed by atoms with Crippen molar-refractivity contribution in [2.45, 2.75) is 38.5 Å². The number of rotatable bonds is 3. The average molecular weight is 254 g/mol. The molecule has 1 N–H and O–H groups in total. The Hall–Kier alpha value is -1.90. The minimum atomic E-state index is 0.122. The molecular formula is C16H18N2O. The summed E-state index contributed by atoms with van der Waals surface area (Å²) < 4.78 is 0. The molecule has 0 spiro atoms. The topological polar surface area (TPSA) is 46.0 Å². The molecule has 98 valence electrons. The summed E-state index contributed by atoms with van der Waals surface area (Å²) in [6, 6.07) is 10.3. The minimum absolute atomic E-state index is 0.122. The predicted molar refractivity (Wildman–Crippen MR) is 74.2 cm³/mol. The van der Waals surface area contributed by atoms with Gasteiger partial charge in [-0.05, 0) is 44.1 Å². The van der Waals surface area contributed by atoms with E-state index in [1.54, 1.807) is 0 Å². The molecule has 3 heteroatoms. The standard InChI is InChI=1S/C16H18N2O/c19-16-15(11-10-12-6-2-1-3-7-12)17-13-8-4-5-9-14(13)18-16/h1-3,6-7H,4-5,8-11H2,(H,18,19). The molecule has 1 heterocycles. The summed E-state index contributed by atoms with van der Waals surface area (Å²) in [6.07, 6.45) is 5.93. The molecule has 2 aromatic rings. The number of aromatic nitrogens is 2. The highest BCUT2D eigenvalue weighted by Gasteiger charge is 2.16. The van der Waals surface area contributed by atoms with Crippen LogP contribution in [0.4, 0.5) is 0 Å². The molecule has 1 aromatic carbocycles. The summed E-state index contributed by atoms with van der Waals surface area (Å²) in [6.45, 7) is 0. The molecule has 0 fully saturated rings. The van der Waals surface area contributed by atoms with Gasteiger partial charge in [0.25, 0.3) is 0 Å². The van der Waals surface area contributed by atoms with Gasteiger partial charge in [-0.1, -0.05) is 30.3 Å². The van der Waals surface area contributed by atoms with Crippen LogP contribution in [0.15, 0.2) is 30.3 Å². The molecule has 0 saturated heterocycles. The van der Waals surface area contributed by atoms with E-state index in [4.69, 9.17) is 0 Å². The first-order valence-corrected chi connectivity index (χ1v) is 6.94. The summed E-state index contributed by atoms with van der Waals surface area (Å²) in [5.41, 5.74) is 4.09. The zero-order chi connectivity index (χ0) is 13.1. The number of fused-ring (bicyclic) bond motifs is 1. The van der Waals surface area contributed by atoms with E-state index in [0.717, 1.165) is 49.2 Å². The van der Waals surface area contributed by atoms with Crippen molar-refractivity contribution < 1.29 is 5.11 Å². The number of hydrogen-bond acceptors (Lipinski definition) is 3. The normalized spacial score (nSPS) is 14.1. The fraction of sp³-hybridized carbons (Fsp3) is 0.375. The Morgan fingerprint density at radius 1 is 0.895 bits per heavy atom. The summed E-state index contributed by atoms with van der Waals surface area (Å²) in [5, 5.41) is 9.97. The van der Waals surface area contributed by atoms with Crippen LogP contribution >= 0.6 is 0 Å². The van der Waals surface area contributed by atoms with Crippen LogP contribution in [0.2, 0.25) is 0 Å². The van der Waals surface area contributed by atoms with Gasteiger partial charge in [0.1, 0.15) is 5.69 Å². The van der Waals surface area contributed by atoms with Crippen LogP contribution in [0.25, 0.3) is 0 Å². The molecular weight excluding hydrogens is 236 g/mol. The molecule has 1 aromatic heterocycles. The lowest BCUT2D eigenvalue weighted by Gasteiger charge is -2.15. The predicted octanol–water partition coefficient (Wildman–Crippen LogP) is 2.85. The molecule has 0 aliphatic heterocycles. The van der Waals surface area contributed by atoms with Gasteiger partial charge in [-0.3, -0.25) is 4.98 Å². The second-order valence-corrected chi connectivity index (χ2v) is 5.08. The summed E-state index contributed by atoms with van der Waals surface area (Å²) in [4.78, 5) is 8.93. The molecule has 1 aliphatic rings. The minimum Gasteiger partial charge on any atom is -0.492 e. The van der Waals surface area contributed by atoms with E-state index in [9.17, 15) is 5.11 Å². The largest absolute Gasteiger partial charge is 0.492 e. The maximum atomic E-state index is 9.97. The fourth-order valence-electron chi connectivity index (χ4n) is 2.59. The highest BCUT2D eigenvalue weighted by Crippen LogP contribution is 2.23. The van der Waals surface area contributed by atoms with E-state index in [0.29, 0.717) is 0 Å². The van der Waals surface area contributed by atoms with Crippen molar-refractivity contribution in [3.8, 4) is 5.88 Å². The van der Waals surface area contributed by atoms with Gasteiger partial charge in [-0.25, -0.2) is 4.98 Å². The SMILES string of the molecule is Oc1nc2c(nc1CCc1ccccc1)CCCC2. The van der Waals surface area contributed by atoms with E-state index in [1.165, 1.54) is 12.0 Å². The highest BCUT2D eigenvalue weighted by molar-refractivity contribution is 5.27. The zero-order valence-corrected chi connectivity index (χ0v) is 11.0. The van der Waals surface area contributed by atoms with Gasteiger partial charge in [0, 0.05) is 0 Å². The van der Waals surface area contributed by atoms with Crippen molar-refractivity contribution in [3.05, 3.63) is 53.0 Å². The molecule has 3 rings (SSSR count). The van der Waals surface area contributed by atoms with Gasteiger partial charge in [0.2, 0.25) is 5.88 Å². The van der Waals surface area contributed by atoms with E-state index in [2.05, 4.69) is 22.1 Å². The van der Waals surface area contributed by atoms with Gasteiger partial charge in [-0.15, -0.1) is 0 Å². The summed E-state index contributed by atoms with van der Waals surface area (Å²) in [5.74, 6) is 0.122. The quantitative estimate of drug-likeness (QED) is 0.916. The Balaban J connectivity index is 1.77. The highest BCUT2D eigenvalue weighted by atomic mass is 16.3. The third-order valence-corrected chi connectivity index (χ3v) is 3.67. The van der Waals surface area contributed by atoms with Crippen molar-refractivity contribution in [3.63, 3.8) is 0 Å². The first-order chi connectivity index (χ1) is 9.33. The summed E-state index contributed by atoms with van der Waals surface area (Å²) in [7, 11) is 0. The smallest absolute Gasteiger partial charge is 0.233 e. The van der Waals surface area contributed by atoms with Crippen LogP contribution in [0, 0.1) is 0 Å². The van der Waals surface area contributed by atoms with Crippen LogP contribution < -0.4 is 0 Å². The van der Waals surface area contributed by atoms with Crippen LogP contribution in [0.1, 0.15) is 35.5 Å². The van der Waals surface area contributed by atoms with Crippen molar-refractivity contribution in [1.82, 2.24) is 9.97 Å². The Kier molecular flexibility index (Phi) is 3.45. The van der Waals surface area contributed by atoms with E-state index >= 15 is 0 Å². The Bertz CT molecular complexity index is 566. The van der Waals surface area contributed by atoms with Crippen molar-refractivity contribution in [2.24, 2.45) is 0 Å². The fourth-order valence-corrected chi connectivity index (χ4v) is 2.59. The van der Waals surface area contributed by atoms with Gasteiger partial charge in [0.05, 0.1) is 11.4 Å². The van der Waals surface area contributed by atoms with E-state index < -0.39 is 0 Å². The molecule has 0 atom stereocenters. The number of aryl methyl sites for hydroxylation is 4. The molecule has 0 radical (unpaired) electrons. The Morgan fingerprint density at radius 3 is 2.32 bits per heavy atom. The lowest BCUT2D eigenvalue weighted by atomic mass is 10.00. The van der Waals surface area contributed by atoms with Gasteiger partial charge < -0.3 is 5.11 Å². The molecule has 3 nitrogen and oxygen atoms in total.